The Morgan fingerprint density at radius 1 is 0.604 bits per heavy atom. The van der Waals surface area contributed by atoms with E-state index in [9.17, 15) is 9.59 Å². The van der Waals surface area contributed by atoms with Crippen LogP contribution in [0.4, 0.5) is 0 Å². The number of halogens is 2. The van der Waals surface area contributed by atoms with Gasteiger partial charge in [0.05, 0.1) is 67.7 Å². The number of hydrogen-bond donors (Lipinski definition) is 1. The van der Waals surface area contributed by atoms with Crippen LogP contribution in [0.25, 0.3) is 11.1 Å². The number of ketones is 1. The number of nitrogens with one attached hydrogen (secondary N) is 1. The molecule has 2 aromatic rings. The van der Waals surface area contributed by atoms with E-state index in [0.717, 1.165) is 54.4 Å². The number of Topliss-reactive ketones (excluding diaryl/α,β-unsaturated/α-hetero) is 1. The normalized spacial score (nSPS) is 11.5. The molecule has 2 rings (SSSR count). The van der Waals surface area contributed by atoms with Gasteiger partial charge in [-0.1, -0.05) is 48.5 Å². The van der Waals surface area contributed by atoms with E-state index in [2.05, 4.69) is 82.0 Å². The number of carbonyl (C=O) groups is 2. The molecule has 0 spiro atoms. The molecule has 9 nitrogen and oxygen atoms in total. The molecule has 0 unspecified atom stereocenters. The smallest absolute Gasteiger partial charge is 0.246 e. The Kier molecular flexibility index (Phi) is 25.2. The molecule has 2 aromatic carbocycles. The molecule has 0 saturated heterocycles. The van der Waals surface area contributed by atoms with Crippen molar-refractivity contribution in [3.05, 3.63) is 59.7 Å². The molecule has 48 heavy (non-hydrogen) atoms. The molecule has 1 amide bonds. The summed E-state index contributed by atoms with van der Waals surface area (Å²) in [6.07, 6.45) is 3.39. The van der Waals surface area contributed by atoms with Crippen LogP contribution in [0.5, 0.6) is 0 Å². The van der Waals surface area contributed by atoms with Crippen molar-refractivity contribution in [1.82, 2.24) is 5.32 Å². The lowest BCUT2D eigenvalue weighted by atomic mass is 10.0. The van der Waals surface area contributed by atoms with Gasteiger partial charge in [0.15, 0.2) is 5.78 Å². The third-order valence-corrected chi connectivity index (χ3v) is 7.84. The number of rotatable bonds is 26. The summed E-state index contributed by atoms with van der Waals surface area (Å²) in [4.78, 5) is 24.0. The molecule has 0 radical (unpaired) electrons. The number of unbranched alkanes of at least 4 members (excludes halogenated alkanes) is 1. The quantitative estimate of drug-likeness (QED) is 0.0959. The summed E-state index contributed by atoms with van der Waals surface area (Å²) >= 11 is 0. The van der Waals surface area contributed by atoms with Gasteiger partial charge < -0.3 is 67.2 Å². The number of hydrogen-bond acceptors (Lipinski definition) is 6. The SMILES string of the molecule is CCOCCOCC(=O)CCCC[N+](C)(C)Cc1ccc(-c2ccc(C[N+](C)(C)CCCNC(=O)COCCOCC)cc2)cc1.[Br-].[Br-]. The standard InChI is InChI=1S/C37H60N3O6.2BrH/c1-7-43-24-26-45-30-36(41)12-9-10-22-39(3,4)28-32-13-17-34(18-14-32)35-19-15-33(16-20-35)29-40(5,6)23-11-21-38-37(42)31-46-27-25-44-8-2;;/h13-20H,7-12,21-31H2,1-6H3;2*1H/q+1;;/p-1. The minimum atomic E-state index is -0.0791. The fourth-order valence-corrected chi connectivity index (χ4v) is 5.35. The van der Waals surface area contributed by atoms with Crippen LogP contribution >= 0.6 is 0 Å². The Bertz CT molecular complexity index is 1040. The third kappa shape index (κ3) is 21.4. The van der Waals surface area contributed by atoms with E-state index < -0.39 is 0 Å². The average molecular weight is 804 g/mol. The minimum absolute atomic E-state index is 0. The summed E-state index contributed by atoms with van der Waals surface area (Å²) in [5.41, 5.74) is 5.04. The van der Waals surface area contributed by atoms with Gasteiger partial charge in [-0.25, -0.2) is 0 Å². The van der Waals surface area contributed by atoms with Crippen molar-refractivity contribution in [2.75, 3.05) is 101 Å². The number of benzene rings is 2. The largest absolute Gasteiger partial charge is 1.00 e. The monoisotopic (exact) mass is 801 g/mol. The molecule has 0 atom stereocenters. The van der Waals surface area contributed by atoms with Crippen LogP contribution in [0, 0.1) is 0 Å². The maximum Gasteiger partial charge on any atom is 0.246 e. The molecule has 1 N–H and O–H groups in total. The minimum Gasteiger partial charge on any atom is -1.00 e. The molecule has 274 valence electrons. The van der Waals surface area contributed by atoms with Gasteiger partial charge in [0.1, 0.15) is 26.3 Å². The Hall–Kier alpha value is -1.70. The average Bonchev–Trinajstić information content (AvgIpc) is 3.02. The van der Waals surface area contributed by atoms with E-state index in [1.54, 1.807) is 0 Å². The molecule has 0 heterocycles. The number of quaternary nitrogens is 2. The summed E-state index contributed by atoms with van der Waals surface area (Å²) < 4.78 is 22.9. The van der Waals surface area contributed by atoms with Crippen LogP contribution in [0.15, 0.2) is 48.5 Å². The molecule has 11 heteroatoms. The van der Waals surface area contributed by atoms with Crippen molar-refractivity contribution >= 4 is 11.7 Å². The lowest BCUT2D eigenvalue weighted by Gasteiger charge is -2.30. The van der Waals surface area contributed by atoms with Gasteiger partial charge in [0.25, 0.3) is 0 Å². The van der Waals surface area contributed by atoms with Crippen molar-refractivity contribution in [3.63, 3.8) is 0 Å². The van der Waals surface area contributed by atoms with Gasteiger partial charge in [0.2, 0.25) is 5.91 Å². The molecule has 0 saturated carbocycles. The summed E-state index contributed by atoms with van der Waals surface area (Å²) in [6.45, 7) is 12.0. The predicted molar refractivity (Wildman–Crippen MR) is 184 cm³/mol. The van der Waals surface area contributed by atoms with Crippen LogP contribution in [-0.2, 0) is 41.6 Å². The van der Waals surface area contributed by atoms with E-state index >= 15 is 0 Å². The lowest BCUT2D eigenvalue weighted by molar-refractivity contribution is -0.903. The molecule has 0 aliphatic rings. The van der Waals surface area contributed by atoms with Crippen LogP contribution in [-0.4, -0.2) is 121 Å². The van der Waals surface area contributed by atoms with E-state index in [1.807, 2.05) is 13.8 Å². The first-order valence-corrected chi connectivity index (χ1v) is 16.9. The van der Waals surface area contributed by atoms with E-state index in [0.29, 0.717) is 52.6 Å². The fourth-order valence-electron chi connectivity index (χ4n) is 5.35. The van der Waals surface area contributed by atoms with Crippen molar-refractivity contribution in [1.29, 1.82) is 0 Å². The highest BCUT2D eigenvalue weighted by molar-refractivity contribution is 5.79. The molecule has 0 fully saturated rings. The second-order valence-corrected chi connectivity index (χ2v) is 13.2. The van der Waals surface area contributed by atoms with Gasteiger partial charge >= 0.3 is 0 Å². The first-order chi connectivity index (χ1) is 22.0. The first-order valence-electron chi connectivity index (χ1n) is 16.9. The zero-order valence-electron chi connectivity index (χ0n) is 30.2. The highest BCUT2D eigenvalue weighted by atomic mass is 79.9. The van der Waals surface area contributed by atoms with Crippen LogP contribution in [0.1, 0.15) is 50.7 Å². The third-order valence-electron chi connectivity index (χ3n) is 7.84. The Labute approximate surface area is 311 Å². The fraction of sp³-hybridized carbons (Fsp3) is 0.622. The van der Waals surface area contributed by atoms with Crippen LogP contribution in [0.2, 0.25) is 0 Å². The molecule has 0 aliphatic heterocycles. The molecular formula is C37H61Br2N3O6. The van der Waals surface area contributed by atoms with Gasteiger partial charge in [-0.3, -0.25) is 9.59 Å². The van der Waals surface area contributed by atoms with E-state index in [4.69, 9.17) is 18.9 Å². The van der Waals surface area contributed by atoms with Gasteiger partial charge in [-0.05, 0) is 37.8 Å². The van der Waals surface area contributed by atoms with Gasteiger partial charge in [0, 0.05) is 43.7 Å². The Morgan fingerprint density at radius 3 is 1.52 bits per heavy atom. The summed E-state index contributed by atoms with van der Waals surface area (Å²) in [6, 6.07) is 17.8. The second-order valence-electron chi connectivity index (χ2n) is 13.2. The second kappa shape index (κ2) is 26.2. The van der Waals surface area contributed by atoms with Crippen molar-refractivity contribution in [3.8, 4) is 11.1 Å². The zero-order valence-corrected chi connectivity index (χ0v) is 33.4. The Morgan fingerprint density at radius 2 is 1.04 bits per heavy atom. The van der Waals surface area contributed by atoms with Crippen molar-refractivity contribution in [2.24, 2.45) is 0 Å². The number of amides is 1. The Balaban J connectivity index is 0.0000110. The maximum atomic E-state index is 12.0. The highest BCUT2D eigenvalue weighted by Gasteiger charge is 2.17. The zero-order chi connectivity index (χ0) is 33.7. The number of nitrogens with zero attached hydrogens (tertiary/aromatic N) is 2. The topological polar surface area (TPSA) is 83.1 Å². The van der Waals surface area contributed by atoms with Crippen molar-refractivity contribution < 1.29 is 71.5 Å². The van der Waals surface area contributed by atoms with E-state index in [1.165, 1.54) is 22.3 Å². The molecule has 0 bridgehead atoms. The van der Waals surface area contributed by atoms with E-state index in [-0.39, 0.29) is 58.9 Å². The molecule has 0 aromatic heterocycles. The predicted octanol–water partition coefficient (Wildman–Crippen LogP) is -1.13. The summed E-state index contributed by atoms with van der Waals surface area (Å²) in [5, 5.41) is 2.94. The molecular weight excluding hydrogens is 742 g/mol. The summed E-state index contributed by atoms with van der Waals surface area (Å²) in [5.74, 6) is 0.0895. The number of carbonyl (C=O) groups excluding carboxylic acids is 2. The summed E-state index contributed by atoms with van der Waals surface area (Å²) in [7, 11) is 8.96. The van der Waals surface area contributed by atoms with Crippen LogP contribution in [0.3, 0.4) is 0 Å². The maximum absolute atomic E-state index is 12.0. The highest BCUT2D eigenvalue weighted by Crippen LogP contribution is 2.23. The van der Waals surface area contributed by atoms with Crippen molar-refractivity contribution in [2.45, 2.75) is 52.6 Å². The molecule has 0 aliphatic carbocycles. The van der Waals surface area contributed by atoms with Crippen LogP contribution < -0.4 is 39.3 Å². The number of ether oxygens (including phenoxy) is 4. The van der Waals surface area contributed by atoms with Gasteiger partial charge in [-0.2, -0.15) is 0 Å². The first kappa shape index (κ1) is 46.3. The van der Waals surface area contributed by atoms with Gasteiger partial charge in [-0.15, -0.1) is 0 Å². The lowest BCUT2D eigenvalue weighted by Crippen LogP contribution is -3.00.